The van der Waals surface area contributed by atoms with Gasteiger partial charge in [-0.3, -0.25) is 14.2 Å². The van der Waals surface area contributed by atoms with Crippen molar-refractivity contribution < 1.29 is 14.0 Å². The van der Waals surface area contributed by atoms with Crippen LogP contribution >= 0.6 is 11.8 Å². The number of hydrogen-bond acceptors (Lipinski definition) is 5. The van der Waals surface area contributed by atoms with E-state index in [0.717, 1.165) is 17.8 Å². The van der Waals surface area contributed by atoms with Gasteiger partial charge in [0, 0.05) is 6.54 Å². The zero-order chi connectivity index (χ0) is 15.1. The van der Waals surface area contributed by atoms with Crippen LogP contribution in [0.25, 0.3) is 0 Å². The summed E-state index contributed by atoms with van der Waals surface area (Å²) in [7, 11) is 0. The molecule has 0 bridgehead atoms. The molecule has 7 nitrogen and oxygen atoms in total. The molecule has 1 aliphatic rings. The van der Waals surface area contributed by atoms with E-state index in [1.807, 2.05) is 0 Å². The van der Waals surface area contributed by atoms with Crippen molar-refractivity contribution in [2.75, 3.05) is 5.32 Å². The zero-order valence-electron chi connectivity index (χ0n) is 10.8. The number of fused-ring (bicyclic) bond motifs is 1. The molecule has 2 heterocycles. The van der Waals surface area contributed by atoms with Gasteiger partial charge in [-0.25, -0.2) is 14.3 Å². The third-order valence-electron chi connectivity index (χ3n) is 3.01. The number of carbonyl (C=O) groups excluding carboxylic acids is 2. The number of halogens is 1. The number of rotatable bonds is 3. The minimum Gasteiger partial charge on any atom is -0.318 e. The molecule has 3 rings (SSSR count). The van der Waals surface area contributed by atoms with Gasteiger partial charge in [-0.15, -0.1) is 5.10 Å². The number of amides is 1. The highest BCUT2D eigenvalue weighted by molar-refractivity contribution is 7.99. The molecule has 0 radical (unpaired) electrons. The highest BCUT2D eigenvalue weighted by Crippen LogP contribution is 2.34. The van der Waals surface area contributed by atoms with E-state index in [1.54, 1.807) is 6.92 Å². The lowest BCUT2D eigenvalue weighted by Gasteiger charge is -2.05. The van der Waals surface area contributed by atoms with Gasteiger partial charge in [-0.05, 0) is 30.8 Å². The average Bonchev–Trinajstić information content (AvgIpc) is 2.93. The number of aromatic amines is 1. The molecule has 0 saturated carbocycles. The van der Waals surface area contributed by atoms with Crippen LogP contribution in [0, 0.1) is 5.82 Å². The lowest BCUT2D eigenvalue weighted by molar-refractivity contribution is -0.112. The Morgan fingerprint density at radius 3 is 2.81 bits per heavy atom. The molecule has 0 atom stereocenters. The summed E-state index contributed by atoms with van der Waals surface area (Å²) < 4.78 is 15.4. The summed E-state index contributed by atoms with van der Waals surface area (Å²) in [5.74, 6) is -2.19. The molecule has 0 aliphatic carbocycles. The molecule has 1 amide bonds. The summed E-state index contributed by atoms with van der Waals surface area (Å²) >= 11 is 0.938. The van der Waals surface area contributed by atoms with E-state index < -0.39 is 17.5 Å². The van der Waals surface area contributed by atoms with Crippen molar-refractivity contribution in [3.63, 3.8) is 0 Å². The van der Waals surface area contributed by atoms with E-state index in [4.69, 9.17) is 0 Å². The van der Waals surface area contributed by atoms with Crippen molar-refractivity contribution in [1.29, 1.82) is 0 Å². The molecule has 0 spiro atoms. The van der Waals surface area contributed by atoms with Crippen LogP contribution in [0.3, 0.4) is 0 Å². The standard InChI is InChI=1S/C12H9FN4O3S/c1-2-17-11(20)15-16-12(17)21-8-4-7-5(3-6(8)13)9(18)10(19)14-7/h3-4H,2H2,1H3,(H,15,20)(H,14,18,19). The van der Waals surface area contributed by atoms with E-state index in [-0.39, 0.29) is 21.8 Å². The van der Waals surface area contributed by atoms with Crippen molar-refractivity contribution >= 4 is 29.1 Å². The number of hydrogen-bond donors (Lipinski definition) is 2. The highest BCUT2D eigenvalue weighted by atomic mass is 32.2. The van der Waals surface area contributed by atoms with Crippen LogP contribution in [-0.4, -0.2) is 26.5 Å². The third-order valence-corrected chi connectivity index (χ3v) is 4.04. The quantitative estimate of drug-likeness (QED) is 0.825. The van der Waals surface area contributed by atoms with Crippen LogP contribution in [0.1, 0.15) is 17.3 Å². The van der Waals surface area contributed by atoms with Crippen molar-refractivity contribution in [2.24, 2.45) is 0 Å². The summed E-state index contributed by atoms with van der Waals surface area (Å²) in [6.07, 6.45) is 0. The Labute approximate surface area is 121 Å². The summed E-state index contributed by atoms with van der Waals surface area (Å²) in [6, 6.07) is 2.37. The number of nitrogens with one attached hydrogen (secondary N) is 2. The van der Waals surface area contributed by atoms with E-state index in [0.29, 0.717) is 11.7 Å². The van der Waals surface area contributed by atoms with Crippen molar-refractivity contribution in [3.05, 3.63) is 34.0 Å². The van der Waals surface area contributed by atoms with Gasteiger partial charge in [0.2, 0.25) is 0 Å². The van der Waals surface area contributed by atoms with Crippen LogP contribution in [0.2, 0.25) is 0 Å². The Morgan fingerprint density at radius 1 is 1.33 bits per heavy atom. The highest BCUT2D eigenvalue weighted by Gasteiger charge is 2.29. The number of nitrogens with zero attached hydrogens (tertiary/aromatic N) is 2. The molecule has 9 heteroatoms. The molecular formula is C12H9FN4O3S. The Morgan fingerprint density at radius 2 is 2.10 bits per heavy atom. The van der Waals surface area contributed by atoms with Crippen molar-refractivity contribution in [3.8, 4) is 0 Å². The number of H-pyrrole nitrogens is 1. The predicted octanol–water partition coefficient (Wildman–Crippen LogP) is 1.02. The summed E-state index contributed by atoms with van der Waals surface area (Å²) in [5.41, 5.74) is -0.114. The molecule has 0 fully saturated rings. The van der Waals surface area contributed by atoms with Gasteiger partial charge in [0.1, 0.15) is 5.82 Å². The molecule has 1 aliphatic heterocycles. The van der Waals surface area contributed by atoms with Crippen LogP contribution in [-0.2, 0) is 11.3 Å². The largest absolute Gasteiger partial charge is 0.343 e. The molecule has 2 N–H and O–H groups in total. The lowest BCUT2D eigenvalue weighted by atomic mass is 10.1. The van der Waals surface area contributed by atoms with Crippen LogP contribution < -0.4 is 11.0 Å². The molecule has 108 valence electrons. The van der Waals surface area contributed by atoms with Gasteiger partial charge in [0.15, 0.2) is 5.16 Å². The topological polar surface area (TPSA) is 96.8 Å². The summed E-state index contributed by atoms with van der Waals surface area (Å²) in [5, 5.41) is 8.77. The van der Waals surface area contributed by atoms with Gasteiger partial charge < -0.3 is 5.32 Å². The summed E-state index contributed by atoms with van der Waals surface area (Å²) in [4.78, 5) is 34.4. The van der Waals surface area contributed by atoms with E-state index in [9.17, 15) is 18.8 Å². The predicted molar refractivity (Wildman–Crippen MR) is 72.0 cm³/mol. The first-order valence-electron chi connectivity index (χ1n) is 6.03. The molecule has 0 unspecified atom stereocenters. The fourth-order valence-electron chi connectivity index (χ4n) is 1.98. The Hall–Kier alpha value is -2.42. The minimum absolute atomic E-state index is 0.0109. The molecule has 1 aromatic heterocycles. The Kier molecular flexibility index (Phi) is 3.13. The minimum atomic E-state index is -0.781. The molecule has 2 aromatic rings. The first-order valence-corrected chi connectivity index (χ1v) is 6.85. The maximum Gasteiger partial charge on any atom is 0.343 e. The second-order valence-electron chi connectivity index (χ2n) is 4.27. The van der Waals surface area contributed by atoms with Crippen molar-refractivity contribution in [2.45, 2.75) is 23.5 Å². The maximum atomic E-state index is 14.0. The Bertz CT molecular complexity index is 826. The number of benzene rings is 1. The maximum absolute atomic E-state index is 14.0. The van der Waals surface area contributed by atoms with Crippen LogP contribution in [0.15, 0.2) is 27.0 Å². The first-order chi connectivity index (χ1) is 10.0. The van der Waals surface area contributed by atoms with Gasteiger partial charge in [0.05, 0.1) is 16.1 Å². The Balaban J connectivity index is 2.01. The SMILES string of the molecule is CCn1c(Sc2cc3c(cc2F)C(=O)C(=O)N3)n[nH]c1=O. The smallest absolute Gasteiger partial charge is 0.318 e. The van der Waals surface area contributed by atoms with Gasteiger partial charge in [-0.2, -0.15) is 0 Å². The monoisotopic (exact) mass is 308 g/mol. The van der Waals surface area contributed by atoms with Gasteiger partial charge in [-0.1, -0.05) is 0 Å². The number of Topliss-reactive ketones (excluding diaryl/α,β-unsaturated/α-hetero) is 1. The fraction of sp³-hybridized carbons (Fsp3) is 0.167. The first kappa shape index (κ1) is 13.6. The van der Waals surface area contributed by atoms with Gasteiger partial charge in [0.25, 0.3) is 11.7 Å². The van der Waals surface area contributed by atoms with E-state index in [2.05, 4.69) is 15.5 Å². The normalized spacial score (nSPS) is 13.4. The van der Waals surface area contributed by atoms with E-state index in [1.165, 1.54) is 10.6 Å². The molecule has 1 aromatic carbocycles. The third kappa shape index (κ3) is 2.15. The van der Waals surface area contributed by atoms with Gasteiger partial charge >= 0.3 is 5.69 Å². The molecule has 0 saturated heterocycles. The second kappa shape index (κ2) is 4.85. The zero-order valence-corrected chi connectivity index (χ0v) is 11.6. The average molecular weight is 308 g/mol. The van der Waals surface area contributed by atoms with E-state index >= 15 is 0 Å². The summed E-state index contributed by atoms with van der Waals surface area (Å²) in [6.45, 7) is 2.15. The number of aromatic nitrogens is 3. The number of ketones is 1. The number of carbonyl (C=O) groups is 2. The number of anilines is 1. The van der Waals surface area contributed by atoms with Crippen LogP contribution in [0.5, 0.6) is 0 Å². The van der Waals surface area contributed by atoms with Crippen molar-refractivity contribution in [1.82, 2.24) is 14.8 Å². The fourth-order valence-corrected chi connectivity index (χ4v) is 2.93. The lowest BCUT2D eigenvalue weighted by Crippen LogP contribution is -2.16. The second-order valence-corrected chi connectivity index (χ2v) is 5.28. The van der Waals surface area contributed by atoms with Crippen LogP contribution in [0.4, 0.5) is 10.1 Å². The molecular weight excluding hydrogens is 299 g/mol. The molecule has 21 heavy (non-hydrogen) atoms.